The second-order valence-corrected chi connectivity index (χ2v) is 3.19. The van der Waals surface area contributed by atoms with Crippen LogP contribution in [0.15, 0.2) is 29.4 Å². The normalized spacial score (nSPS) is 13.0. The molecule has 1 rings (SSSR count). The molecule has 0 spiro atoms. The minimum Gasteiger partial charge on any atom is -0.276 e. The van der Waals surface area contributed by atoms with E-state index in [1.165, 1.54) is 0 Å². The van der Waals surface area contributed by atoms with Crippen molar-refractivity contribution in [2.45, 2.75) is 4.90 Å². The molecule has 0 fully saturated rings. The summed E-state index contributed by atoms with van der Waals surface area (Å²) in [6, 6.07) is 3.77. The van der Waals surface area contributed by atoms with E-state index in [0.717, 1.165) is 4.90 Å². The molecule has 9 heavy (non-hydrogen) atoms. The lowest BCUT2D eigenvalue weighted by Gasteiger charge is -1.93. The summed E-state index contributed by atoms with van der Waals surface area (Å²) in [6.45, 7) is 0. The highest BCUT2D eigenvalue weighted by molar-refractivity contribution is 7.85. The molecule has 0 saturated heterocycles. The lowest BCUT2D eigenvalue weighted by molar-refractivity contribution is 1.23. The van der Waals surface area contributed by atoms with Crippen LogP contribution in [0.4, 0.5) is 0 Å². The van der Waals surface area contributed by atoms with Crippen molar-refractivity contribution in [2.75, 3.05) is 6.26 Å². The van der Waals surface area contributed by atoms with Crippen LogP contribution in [-0.2, 0) is 10.7 Å². The van der Waals surface area contributed by atoms with Gasteiger partial charge in [0.25, 0.3) is 0 Å². The van der Waals surface area contributed by atoms with Crippen molar-refractivity contribution in [3.8, 4) is 0 Å². The van der Waals surface area contributed by atoms with Crippen molar-refractivity contribution in [1.82, 2.24) is 4.98 Å². The fourth-order valence-corrected chi connectivity index (χ4v) is 1.03. The maximum Gasteiger partial charge on any atom is 0.0413 e. The molecular formula is C6H8N2S. The van der Waals surface area contributed by atoms with Gasteiger partial charge in [0.1, 0.15) is 0 Å². The molecule has 0 amide bonds. The first kappa shape index (κ1) is 6.42. The number of hydrogen-bond donors (Lipinski definition) is 1. The van der Waals surface area contributed by atoms with Crippen molar-refractivity contribution >= 4 is 10.7 Å². The summed E-state index contributed by atoms with van der Waals surface area (Å²) < 4.78 is 7.31. The van der Waals surface area contributed by atoms with Crippen LogP contribution in [0.25, 0.3) is 0 Å². The summed E-state index contributed by atoms with van der Waals surface area (Å²) in [7, 11) is -0.391. The first-order valence-electron chi connectivity index (χ1n) is 2.58. The summed E-state index contributed by atoms with van der Waals surface area (Å²) in [4.78, 5) is 4.89. The SMILES string of the molecule is CS(=N)c1cccnc1. The van der Waals surface area contributed by atoms with Gasteiger partial charge in [-0.25, -0.2) is 0 Å². The van der Waals surface area contributed by atoms with Gasteiger partial charge in [-0.1, -0.05) is 10.7 Å². The third-order valence-corrected chi connectivity index (χ3v) is 1.94. The number of aromatic nitrogens is 1. The number of nitrogens with one attached hydrogen (secondary N) is 1. The molecule has 48 valence electrons. The standard InChI is InChI=1S/C6H8N2S/c1-9(7)6-3-2-4-8-5-6/h2-5,7H,1H3. The van der Waals surface area contributed by atoms with Gasteiger partial charge in [0.15, 0.2) is 0 Å². The summed E-state index contributed by atoms with van der Waals surface area (Å²) in [5.41, 5.74) is 0. The number of hydrogen-bond acceptors (Lipinski definition) is 2. The van der Waals surface area contributed by atoms with Crippen molar-refractivity contribution in [3.05, 3.63) is 24.5 Å². The lowest BCUT2D eigenvalue weighted by Crippen LogP contribution is -1.83. The second kappa shape index (κ2) is 2.73. The monoisotopic (exact) mass is 140 g/mol. The lowest BCUT2D eigenvalue weighted by atomic mass is 10.5. The van der Waals surface area contributed by atoms with Gasteiger partial charge >= 0.3 is 0 Å². The molecule has 0 aliphatic heterocycles. The zero-order valence-electron chi connectivity index (χ0n) is 5.16. The van der Waals surface area contributed by atoms with E-state index in [1.807, 2.05) is 18.4 Å². The van der Waals surface area contributed by atoms with Gasteiger partial charge in [-0.3, -0.25) is 9.76 Å². The Labute approximate surface area is 56.8 Å². The minimum absolute atomic E-state index is 0.391. The molecule has 1 N–H and O–H groups in total. The number of nitrogens with zero attached hydrogens (tertiary/aromatic N) is 1. The average Bonchev–Trinajstić information content (AvgIpc) is 1.90. The maximum atomic E-state index is 7.31. The molecule has 0 aliphatic carbocycles. The Morgan fingerprint density at radius 1 is 1.67 bits per heavy atom. The molecule has 0 aliphatic rings. The number of pyridine rings is 1. The first-order chi connectivity index (χ1) is 4.30. The molecular weight excluding hydrogens is 132 g/mol. The number of rotatable bonds is 1. The van der Waals surface area contributed by atoms with Gasteiger partial charge in [-0.2, -0.15) is 0 Å². The highest BCUT2D eigenvalue weighted by Gasteiger charge is 1.87. The van der Waals surface area contributed by atoms with Crippen LogP contribution in [-0.4, -0.2) is 11.2 Å². The van der Waals surface area contributed by atoms with Crippen LogP contribution >= 0.6 is 0 Å². The van der Waals surface area contributed by atoms with Crippen LogP contribution in [0.1, 0.15) is 0 Å². The van der Waals surface area contributed by atoms with Gasteiger partial charge in [0, 0.05) is 17.3 Å². The summed E-state index contributed by atoms with van der Waals surface area (Å²) in [5, 5.41) is 0. The third kappa shape index (κ3) is 1.61. The van der Waals surface area contributed by atoms with Crippen LogP contribution < -0.4 is 0 Å². The Balaban J connectivity index is 2.98. The fourth-order valence-electron chi connectivity index (χ4n) is 0.528. The van der Waals surface area contributed by atoms with Gasteiger partial charge < -0.3 is 0 Å². The van der Waals surface area contributed by atoms with E-state index in [0.29, 0.717) is 0 Å². The predicted molar refractivity (Wildman–Crippen MR) is 38.5 cm³/mol. The molecule has 1 aromatic heterocycles. The molecule has 1 unspecified atom stereocenters. The first-order valence-corrected chi connectivity index (χ1v) is 4.21. The van der Waals surface area contributed by atoms with Gasteiger partial charge in [-0.15, -0.1) is 0 Å². The molecule has 0 bridgehead atoms. The van der Waals surface area contributed by atoms with Crippen molar-refractivity contribution in [3.63, 3.8) is 0 Å². The zero-order valence-corrected chi connectivity index (χ0v) is 5.98. The molecule has 1 atom stereocenters. The Hall–Kier alpha value is -0.700. The molecule has 0 radical (unpaired) electrons. The smallest absolute Gasteiger partial charge is 0.0413 e. The van der Waals surface area contributed by atoms with Crippen molar-refractivity contribution in [2.24, 2.45) is 0 Å². The molecule has 1 heterocycles. The van der Waals surface area contributed by atoms with E-state index < -0.39 is 10.7 Å². The average molecular weight is 140 g/mol. The minimum atomic E-state index is -0.391. The third-order valence-electron chi connectivity index (χ3n) is 0.988. The Morgan fingerprint density at radius 3 is 2.78 bits per heavy atom. The van der Waals surface area contributed by atoms with Crippen LogP contribution in [0.3, 0.4) is 0 Å². The van der Waals surface area contributed by atoms with Crippen LogP contribution in [0, 0.1) is 4.78 Å². The molecule has 0 aromatic carbocycles. The van der Waals surface area contributed by atoms with E-state index in [1.54, 1.807) is 12.4 Å². The van der Waals surface area contributed by atoms with E-state index in [2.05, 4.69) is 4.98 Å². The molecule has 2 nitrogen and oxygen atoms in total. The second-order valence-electron chi connectivity index (χ2n) is 1.70. The Kier molecular flexibility index (Phi) is 1.95. The Morgan fingerprint density at radius 2 is 2.44 bits per heavy atom. The summed E-state index contributed by atoms with van der Waals surface area (Å²) in [6.07, 6.45) is 5.31. The van der Waals surface area contributed by atoms with E-state index >= 15 is 0 Å². The summed E-state index contributed by atoms with van der Waals surface area (Å²) in [5.74, 6) is 0. The largest absolute Gasteiger partial charge is 0.276 e. The van der Waals surface area contributed by atoms with Crippen LogP contribution in [0.5, 0.6) is 0 Å². The molecule has 3 heteroatoms. The van der Waals surface area contributed by atoms with E-state index in [4.69, 9.17) is 4.78 Å². The molecule has 1 aromatic rings. The topological polar surface area (TPSA) is 36.7 Å². The van der Waals surface area contributed by atoms with E-state index in [-0.39, 0.29) is 0 Å². The summed E-state index contributed by atoms with van der Waals surface area (Å²) >= 11 is 0. The Bertz CT molecular complexity index is 208. The maximum absolute atomic E-state index is 7.31. The quantitative estimate of drug-likeness (QED) is 0.629. The predicted octanol–water partition coefficient (Wildman–Crippen LogP) is 1.45. The van der Waals surface area contributed by atoms with Crippen molar-refractivity contribution in [1.29, 1.82) is 4.78 Å². The highest BCUT2D eigenvalue weighted by atomic mass is 32.2. The molecule has 0 saturated carbocycles. The fraction of sp³-hybridized carbons (Fsp3) is 0.167. The van der Waals surface area contributed by atoms with Crippen LogP contribution in [0.2, 0.25) is 0 Å². The van der Waals surface area contributed by atoms with Gasteiger partial charge in [-0.05, 0) is 18.4 Å². The van der Waals surface area contributed by atoms with E-state index in [9.17, 15) is 0 Å². The zero-order chi connectivity index (χ0) is 6.69. The van der Waals surface area contributed by atoms with Crippen molar-refractivity contribution < 1.29 is 0 Å². The highest BCUT2D eigenvalue weighted by Crippen LogP contribution is 1.99. The van der Waals surface area contributed by atoms with Gasteiger partial charge in [0.2, 0.25) is 0 Å². The van der Waals surface area contributed by atoms with Gasteiger partial charge in [0.05, 0.1) is 0 Å².